The zero-order valence-corrected chi connectivity index (χ0v) is 17.8. The summed E-state index contributed by atoms with van der Waals surface area (Å²) in [5.74, 6) is 0.201. The summed E-state index contributed by atoms with van der Waals surface area (Å²) in [5.41, 5.74) is 1.06. The Balaban J connectivity index is 1.84. The summed E-state index contributed by atoms with van der Waals surface area (Å²) in [6.45, 7) is 1.61. The summed E-state index contributed by atoms with van der Waals surface area (Å²) in [4.78, 5) is 10.8. The molecule has 11 heteroatoms. The zero-order valence-electron chi connectivity index (χ0n) is 14.7. The first kappa shape index (κ1) is 18.3. The highest BCUT2D eigenvalue weighted by atomic mass is 79.9. The molecule has 0 spiro atoms. The van der Waals surface area contributed by atoms with Crippen LogP contribution in [0, 0.1) is 5.82 Å². The van der Waals surface area contributed by atoms with Gasteiger partial charge < -0.3 is 9.64 Å². The highest BCUT2D eigenvalue weighted by molar-refractivity contribution is 9.10. The Morgan fingerprint density at radius 3 is 3.04 bits per heavy atom. The quantitative estimate of drug-likeness (QED) is 0.388. The molecule has 4 heterocycles. The first-order valence-electron chi connectivity index (χ1n) is 8.57. The van der Waals surface area contributed by atoms with E-state index in [4.69, 9.17) is 16.3 Å². The number of benzene rings is 1. The zero-order chi connectivity index (χ0) is 19.6. The first-order chi connectivity index (χ1) is 13.5. The molecule has 0 saturated heterocycles. The smallest absolute Gasteiger partial charge is 0.220 e. The molecule has 3 aromatic rings. The van der Waals surface area contributed by atoms with Crippen molar-refractivity contribution in [2.75, 3.05) is 17.8 Å². The van der Waals surface area contributed by atoms with Crippen LogP contribution in [0.5, 0.6) is 5.75 Å². The van der Waals surface area contributed by atoms with Crippen molar-refractivity contribution in [2.45, 2.75) is 30.7 Å². The summed E-state index contributed by atoms with van der Waals surface area (Å²) < 4.78 is 35.2. The molecule has 2 atom stereocenters. The van der Waals surface area contributed by atoms with Crippen LogP contribution in [-0.4, -0.2) is 42.9 Å². The predicted octanol–water partition coefficient (Wildman–Crippen LogP) is 3.29. The number of rotatable bonds is 1. The second-order valence-electron chi connectivity index (χ2n) is 6.71. The van der Waals surface area contributed by atoms with E-state index in [0.29, 0.717) is 30.1 Å². The predicted molar refractivity (Wildman–Crippen MR) is 107 cm³/mol. The molecule has 7 nitrogen and oxygen atoms in total. The van der Waals surface area contributed by atoms with Crippen molar-refractivity contribution in [3.05, 3.63) is 33.3 Å². The fourth-order valence-electron chi connectivity index (χ4n) is 3.71. The molecule has 0 aliphatic carbocycles. The molecule has 0 radical (unpaired) electrons. The second-order valence-corrected chi connectivity index (χ2v) is 9.15. The van der Waals surface area contributed by atoms with Gasteiger partial charge in [-0.1, -0.05) is 11.6 Å². The van der Waals surface area contributed by atoms with Crippen LogP contribution in [0.15, 0.2) is 21.9 Å². The van der Waals surface area contributed by atoms with Crippen molar-refractivity contribution in [2.24, 2.45) is 0 Å². The van der Waals surface area contributed by atoms with E-state index in [9.17, 15) is 4.21 Å². The van der Waals surface area contributed by atoms with E-state index in [1.54, 1.807) is 6.20 Å². The third-order valence-electron chi connectivity index (χ3n) is 5.09. The van der Waals surface area contributed by atoms with Crippen LogP contribution in [0.2, 0.25) is 5.02 Å². The van der Waals surface area contributed by atoms with Gasteiger partial charge in [0.15, 0.2) is 11.6 Å². The van der Waals surface area contributed by atoms with E-state index in [1.165, 1.54) is 6.26 Å². The number of aromatic nitrogens is 4. The Bertz CT molecular complexity index is 1160. The molecule has 0 bridgehead atoms. The molecule has 0 saturated carbocycles. The number of hydrogen-bond acceptors (Lipinski definition) is 6. The highest BCUT2D eigenvalue weighted by Crippen LogP contribution is 2.47. The van der Waals surface area contributed by atoms with Crippen molar-refractivity contribution >= 4 is 55.1 Å². The number of ether oxygens (including phenoxy) is 1. The highest BCUT2D eigenvalue weighted by Gasteiger charge is 2.34. The molecule has 2 aromatic heterocycles. The van der Waals surface area contributed by atoms with Crippen molar-refractivity contribution in [3.63, 3.8) is 0 Å². The molecular formula is C17H14BrClFN5O2S. The minimum Gasteiger partial charge on any atom is -0.489 e. The molecule has 0 fully saturated rings. The monoisotopic (exact) mass is 485 g/mol. The molecule has 0 N–H and O–H groups in total. The lowest BCUT2D eigenvalue weighted by Crippen LogP contribution is -2.38. The third kappa shape index (κ3) is 2.65. The molecule has 0 amide bonds. The van der Waals surface area contributed by atoms with Gasteiger partial charge in [-0.2, -0.15) is 5.10 Å². The Morgan fingerprint density at radius 2 is 2.25 bits per heavy atom. The molecule has 1 aromatic carbocycles. The number of fused-ring (bicyclic) bond motifs is 3. The number of anilines is 1. The van der Waals surface area contributed by atoms with Crippen LogP contribution >= 0.6 is 27.5 Å². The normalized spacial score (nSPS) is 19.4. The van der Waals surface area contributed by atoms with Gasteiger partial charge in [0.2, 0.25) is 5.16 Å². The van der Waals surface area contributed by atoms with Crippen molar-refractivity contribution in [3.8, 4) is 5.75 Å². The van der Waals surface area contributed by atoms with Gasteiger partial charge in [0.1, 0.15) is 23.0 Å². The maximum atomic E-state index is 15.0. The van der Waals surface area contributed by atoms with Crippen LogP contribution in [0.4, 0.5) is 10.2 Å². The fourth-order valence-corrected chi connectivity index (χ4v) is 4.74. The van der Waals surface area contributed by atoms with Gasteiger partial charge in [-0.3, -0.25) is 8.89 Å². The Morgan fingerprint density at radius 1 is 1.43 bits per heavy atom. The number of hydrogen-bond donors (Lipinski definition) is 0. The average molecular weight is 487 g/mol. The molecule has 28 heavy (non-hydrogen) atoms. The second kappa shape index (κ2) is 6.64. The molecule has 2 aliphatic rings. The van der Waals surface area contributed by atoms with Gasteiger partial charge in [-0.15, -0.1) is 0 Å². The van der Waals surface area contributed by atoms with E-state index < -0.39 is 16.6 Å². The average Bonchev–Trinajstić information content (AvgIpc) is 2.97. The van der Waals surface area contributed by atoms with E-state index in [1.807, 2.05) is 10.7 Å². The van der Waals surface area contributed by atoms with Crippen LogP contribution in [0.1, 0.15) is 12.1 Å². The molecular weight excluding hydrogens is 473 g/mol. The van der Waals surface area contributed by atoms with Crippen molar-refractivity contribution in [1.29, 1.82) is 0 Å². The lowest BCUT2D eigenvalue weighted by atomic mass is 10.1. The van der Waals surface area contributed by atoms with Gasteiger partial charge in [0, 0.05) is 19.0 Å². The maximum absolute atomic E-state index is 15.0. The lowest BCUT2D eigenvalue weighted by Gasteiger charge is -2.28. The Hall–Kier alpha value is -1.78. The van der Waals surface area contributed by atoms with Crippen molar-refractivity contribution < 1.29 is 13.3 Å². The number of halogens is 3. The minimum absolute atomic E-state index is 0.0248. The van der Waals surface area contributed by atoms with E-state index in [2.05, 4.69) is 35.9 Å². The van der Waals surface area contributed by atoms with Gasteiger partial charge in [-0.25, -0.2) is 14.4 Å². The summed E-state index contributed by atoms with van der Waals surface area (Å²) in [6, 6.07) is 1.92. The fraction of sp³-hybridized carbons (Fsp3) is 0.353. The van der Waals surface area contributed by atoms with Crippen LogP contribution in [0.25, 0.3) is 10.9 Å². The van der Waals surface area contributed by atoms with Gasteiger partial charge in [-0.05, 0) is 28.4 Å². The van der Waals surface area contributed by atoms with Crippen LogP contribution < -0.4 is 9.64 Å². The lowest BCUT2D eigenvalue weighted by molar-refractivity contribution is 0.279. The van der Waals surface area contributed by atoms with Crippen LogP contribution in [0.3, 0.4) is 0 Å². The third-order valence-corrected chi connectivity index (χ3v) is 7.12. The van der Waals surface area contributed by atoms with E-state index in [-0.39, 0.29) is 26.2 Å². The number of nitrogens with zero attached hydrogens (tertiary/aromatic N) is 5. The topological polar surface area (TPSA) is 73.1 Å². The Kier molecular flexibility index (Phi) is 4.33. The summed E-state index contributed by atoms with van der Waals surface area (Å²) in [5, 5.41) is 4.97. The molecule has 2 aliphatic heterocycles. The SMILES string of the molecule is CS(=O)c1nc2c3c(c(Cl)c(Br)c(F)c3n1)OCC1CCn3nccc3CN21. The number of aryl methyl sites for hydroxylation is 1. The largest absolute Gasteiger partial charge is 0.489 e. The summed E-state index contributed by atoms with van der Waals surface area (Å²) in [6.07, 6.45) is 3.99. The van der Waals surface area contributed by atoms with Gasteiger partial charge in [0.05, 0.1) is 38.9 Å². The minimum atomic E-state index is -1.48. The van der Waals surface area contributed by atoms with Crippen LogP contribution in [-0.2, 0) is 23.9 Å². The Labute approximate surface area is 175 Å². The maximum Gasteiger partial charge on any atom is 0.220 e. The molecule has 2 unspecified atom stereocenters. The summed E-state index contributed by atoms with van der Waals surface area (Å²) in [7, 11) is -1.48. The van der Waals surface area contributed by atoms with E-state index in [0.717, 1.165) is 18.7 Å². The van der Waals surface area contributed by atoms with Gasteiger partial charge >= 0.3 is 0 Å². The first-order valence-corrected chi connectivity index (χ1v) is 11.3. The van der Waals surface area contributed by atoms with Gasteiger partial charge in [0.25, 0.3) is 0 Å². The standard InChI is InChI=1S/C17H14BrClFN5O2S/c1-28(26)17-22-14-10-15(12(19)11(18)13(14)20)27-7-9-3-5-25-8(2-4-21-25)6-24(9)16(10)23-17/h2,4,9H,3,5-7H2,1H3. The van der Waals surface area contributed by atoms with E-state index >= 15 is 4.39 Å². The molecule has 5 rings (SSSR count). The van der Waals surface area contributed by atoms with Crippen molar-refractivity contribution in [1.82, 2.24) is 19.7 Å². The summed E-state index contributed by atoms with van der Waals surface area (Å²) >= 11 is 9.58. The molecule has 146 valence electrons.